The first-order chi connectivity index (χ1) is 11.5. The Morgan fingerprint density at radius 1 is 1.50 bits per heavy atom. The number of likely N-dealkylation sites (tertiary alicyclic amines) is 1. The van der Waals surface area contributed by atoms with Gasteiger partial charge in [-0.05, 0) is 6.42 Å². The molecule has 0 radical (unpaired) electrons. The van der Waals surface area contributed by atoms with Crippen molar-refractivity contribution in [3.8, 4) is 0 Å². The van der Waals surface area contributed by atoms with Gasteiger partial charge in [0, 0.05) is 44.2 Å². The lowest BCUT2D eigenvalue weighted by Gasteiger charge is -2.26. The third-order valence-electron chi connectivity index (χ3n) is 4.38. The third kappa shape index (κ3) is 3.06. The van der Waals surface area contributed by atoms with Crippen LogP contribution < -0.4 is 0 Å². The number of rotatable bonds is 6. The van der Waals surface area contributed by atoms with Crippen molar-refractivity contribution >= 4 is 23.2 Å². The quantitative estimate of drug-likeness (QED) is 0.858. The molecule has 1 aliphatic heterocycles. The highest BCUT2D eigenvalue weighted by molar-refractivity contribution is 7.09. The Morgan fingerprint density at radius 2 is 2.29 bits per heavy atom. The standard InChI is InChI=1S/C16H20N4O3S/c1-3-12-18-10(9-24-12)4-6-20-13(21)8-11(16(22)23)14(20)15-17-5-7-19(15)2/h5,7,9,11,14H,3-4,6,8H2,1-2H3,(H,22,23)/t11-,14+/m1/s1. The molecule has 3 heterocycles. The molecule has 1 fully saturated rings. The van der Waals surface area contributed by atoms with Gasteiger partial charge in [-0.1, -0.05) is 6.92 Å². The average molecular weight is 348 g/mol. The average Bonchev–Trinajstić information content (AvgIpc) is 3.24. The number of imidazole rings is 1. The van der Waals surface area contributed by atoms with Gasteiger partial charge in [0.25, 0.3) is 0 Å². The lowest BCUT2D eigenvalue weighted by molar-refractivity contribution is -0.142. The van der Waals surface area contributed by atoms with E-state index < -0.39 is 17.9 Å². The number of carboxylic acids is 1. The molecule has 24 heavy (non-hydrogen) atoms. The molecule has 2 atom stereocenters. The van der Waals surface area contributed by atoms with Crippen LogP contribution >= 0.6 is 11.3 Å². The molecule has 2 aromatic heterocycles. The molecule has 1 amide bonds. The van der Waals surface area contributed by atoms with Crippen molar-refractivity contribution in [3.05, 3.63) is 34.3 Å². The van der Waals surface area contributed by atoms with Crippen LogP contribution in [0.1, 0.15) is 35.9 Å². The number of aliphatic carboxylic acids is 1. The molecule has 0 aliphatic carbocycles. The van der Waals surface area contributed by atoms with Crippen molar-refractivity contribution < 1.29 is 14.7 Å². The minimum Gasteiger partial charge on any atom is -0.481 e. The number of hydrogen-bond acceptors (Lipinski definition) is 5. The van der Waals surface area contributed by atoms with E-state index in [-0.39, 0.29) is 12.3 Å². The maximum Gasteiger partial charge on any atom is 0.309 e. The van der Waals surface area contributed by atoms with E-state index >= 15 is 0 Å². The number of carbonyl (C=O) groups is 2. The predicted molar refractivity (Wildman–Crippen MR) is 88.6 cm³/mol. The molecule has 0 bridgehead atoms. The van der Waals surface area contributed by atoms with Gasteiger partial charge in [-0.2, -0.15) is 0 Å². The molecule has 1 saturated heterocycles. The van der Waals surface area contributed by atoms with E-state index in [0.717, 1.165) is 17.1 Å². The maximum atomic E-state index is 12.4. The van der Waals surface area contributed by atoms with Crippen LogP contribution in [0.25, 0.3) is 0 Å². The predicted octanol–water partition coefficient (Wildman–Crippen LogP) is 1.66. The van der Waals surface area contributed by atoms with E-state index in [1.165, 1.54) is 0 Å². The minimum absolute atomic E-state index is 0.0180. The van der Waals surface area contributed by atoms with Crippen molar-refractivity contribution in [1.82, 2.24) is 19.4 Å². The molecule has 1 aliphatic rings. The normalized spacial score (nSPS) is 20.8. The van der Waals surface area contributed by atoms with E-state index in [1.807, 2.05) is 12.4 Å². The summed E-state index contributed by atoms with van der Waals surface area (Å²) < 4.78 is 1.78. The summed E-state index contributed by atoms with van der Waals surface area (Å²) in [7, 11) is 1.82. The number of aromatic nitrogens is 3. The van der Waals surface area contributed by atoms with E-state index in [9.17, 15) is 14.7 Å². The van der Waals surface area contributed by atoms with Crippen molar-refractivity contribution in [3.63, 3.8) is 0 Å². The van der Waals surface area contributed by atoms with Crippen LogP contribution in [-0.4, -0.2) is 43.0 Å². The van der Waals surface area contributed by atoms with Crippen LogP contribution in [0.4, 0.5) is 0 Å². The number of carboxylic acid groups (broad SMARTS) is 1. The Kier molecular flexibility index (Phi) is 4.66. The number of carbonyl (C=O) groups excluding carboxylic acids is 1. The summed E-state index contributed by atoms with van der Waals surface area (Å²) in [4.78, 5) is 34.4. The molecule has 2 aromatic rings. The smallest absolute Gasteiger partial charge is 0.309 e. The van der Waals surface area contributed by atoms with Gasteiger partial charge in [-0.15, -0.1) is 11.3 Å². The Morgan fingerprint density at radius 3 is 2.88 bits per heavy atom. The summed E-state index contributed by atoms with van der Waals surface area (Å²) >= 11 is 1.61. The van der Waals surface area contributed by atoms with Crippen molar-refractivity contribution in [2.75, 3.05) is 6.54 Å². The number of hydrogen-bond donors (Lipinski definition) is 1. The first kappa shape index (κ1) is 16.6. The fourth-order valence-electron chi connectivity index (χ4n) is 3.12. The SMILES string of the molecule is CCc1nc(CCN2C(=O)C[C@@H](C(=O)O)[C@H]2c2nccn2C)cs1. The lowest BCUT2D eigenvalue weighted by Crippen LogP contribution is -2.34. The summed E-state index contributed by atoms with van der Waals surface area (Å²) in [6.07, 6.45) is 4.93. The molecule has 3 rings (SSSR count). The van der Waals surface area contributed by atoms with Crippen LogP contribution in [-0.2, 0) is 29.5 Å². The van der Waals surface area contributed by atoms with E-state index in [2.05, 4.69) is 16.9 Å². The van der Waals surface area contributed by atoms with Crippen LogP contribution in [0.3, 0.4) is 0 Å². The summed E-state index contributed by atoms with van der Waals surface area (Å²) in [6, 6.07) is -0.528. The zero-order chi connectivity index (χ0) is 17.3. The number of thiazole rings is 1. The van der Waals surface area contributed by atoms with Crippen LogP contribution in [0, 0.1) is 5.92 Å². The van der Waals surface area contributed by atoms with Gasteiger partial charge < -0.3 is 14.6 Å². The van der Waals surface area contributed by atoms with Gasteiger partial charge in [0.2, 0.25) is 5.91 Å². The second kappa shape index (κ2) is 6.72. The van der Waals surface area contributed by atoms with Crippen LogP contribution in [0.15, 0.2) is 17.8 Å². The van der Waals surface area contributed by atoms with Gasteiger partial charge in [0.1, 0.15) is 11.9 Å². The van der Waals surface area contributed by atoms with Crippen molar-refractivity contribution in [2.45, 2.75) is 32.2 Å². The molecular weight excluding hydrogens is 328 g/mol. The zero-order valence-electron chi connectivity index (χ0n) is 13.7. The Hall–Kier alpha value is -2.22. The second-order valence-electron chi connectivity index (χ2n) is 5.91. The highest BCUT2D eigenvalue weighted by Crippen LogP contribution is 2.37. The summed E-state index contributed by atoms with van der Waals surface area (Å²) in [6.45, 7) is 2.51. The first-order valence-electron chi connectivity index (χ1n) is 7.94. The third-order valence-corrected chi connectivity index (χ3v) is 5.42. The highest BCUT2D eigenvalue weighted by atomic mass is 32.1. The molecule has 7 nitrogen and oxygen atoms in total. The van der Waals surface area contributed by atoms with Gasteiger partial charge >= 0.3 is 5.97 Å². The summed E-state index contributed by atoms with van der Waals surface area (Å²) in [5.74, 6) is -1.25. The van der Waals surface area contributed by atoms with E-state index in [0.29, 0.717) is 18.8 Å². The largest absolute Gasteiger partial charge is 0.481 e. The Bertz CT molecular complexity index is 754. The van der Waals surface area contributed by atoms with Crippen LogP contribution in [0.5, 0.6) is 0 Å². The Balaban J connectivity index is 1.82. The van der Waals surface area contributed by atoms with Crippen molar-refractivity contribution in [2.24, 2.45) is 13.0 Å². The van der Waals surface area contributed by atoms with Gasteiger partial charge in [-0.25, -0.2) is 9.97 Å². The molecular formula is C16H20N4O3S. The number of nitrogens with zero attached hydrogens (tertiary/aromatic N) is 4. The first-order valence-corrected chi connectivity index (χ1v) is 8.82. The van der Waals surface area contributed by atoms with Crippen molar-refractivity contribution in [1.29, 1.82) is 0 Å². The van der Waals surface area contributed by atoms with Crippen LogP contribution in [0.2, 0.25) is 0 Å². The summed E-state index contributed by atoms with van der Waals surface area (Å²) in [5.41, 5.74) is 0.946. The lowest BCUT2D eigenvalue weighted by atomic mass is 9.99. The minimum atomic E-state index is -0.958. The molecule has 0 unspecified atom stereocenters. The van der Waals surface area contributed by atoms with E-state index in [1.54, 1.807) is 33.2 Å². The molecule has 8 heteroatoms. The molecule has 0 spiro atoms. The van der Waals surface area contributed by atoms with E-state index in [4.69, 9.17) is 0 Å². The second-order valence-corrected chi connectivity index (χ2v) is 6.86. The fraction of sp³-hybridized carbons (Fsp3) is 0.500. The molecule has 1 N–H and O–H groups in total. The number of aryl methyl sites for hydroxylation is 2. The maximum absolute atomic E-state index is 12.4. The topological polar surface area (TPSA) is 88.3 Å². The Labute approximate surface area is 144 Å². The summed E-state index contributed by atoms with van der Waals surface area (Å²) in [5, 5.41) is 12.6. The number of amides is 1. The van der Waals surface area contributed by atoms with Gasteiger partial charge in [-0.3, -0.25) is 9.59 Å². The van der Waals surface area contributed by atoms with Gasteiger partial charge in [0.15, 0.2) is 0 Å². The zero-order valence-corrected chi connectivity index (χ0v) is 14.5. The molecule has 0 saturated carbocycles. The van der Waals surface area contributed by atoms with Gasteiger partial charge in [0.05, 0.1) is 16.6 Å². The molecule has 128 valence electrons. The fourth-order valence-corrected chi connectivity index (χ4v) is 3.90. The highest BCUT2D eigenvalue weighted by Gasteiger charge is 2.46. The monoisotopic (exact) mass is 348 g/mol. The molecule has 0 aromatic carbocycles.